The van der Waals surface area contributed by atoms with E-state index in [2.05, 4.69) is 15.0 Å². The van der Waals surface area contributed by atoms with Gasteiger partial charge in [-0.15, -0.1) is 0 Å². The molecule has 3 aromatic rings. The van der Waals surface area contributed by atoms with Crippen LogP contribution in [-0.2, 0) is 21.2 Å². The molecule has 146 valence electrons. The highest BCUT2D eigenvalue weighted by molar-refractivity contribution is 7.89. The van der Waals surface area contributed by atoms with Gasteiger partial charge in [0.2, 0.25) is 10.0 Å². The summed E-state index contributed by atoms with van der Waals surface area (Å²) in [5.41, 5.74) is 1.12. The molecule has 1 atom stereocenters. The predicted molar refractivity (Wildman–Crippen MR) is 107 cm³/mol. The fourth-order valence-electron chi connectivity index (χ4n) is 2.79. The van der Waals surface area contributed by atoms with Gasteiger partial charge >= 0.3 is 5.97 Å². The number of aliphatic carboxylic acids is 1. The van der Waals surface area contributed by atoms with Crippen LogP contribution in [0, 0.1) is 0 Å². The van der Waals surface area contributed by atoms with Crippen molar-refractivity contribution in [1.29, 1.82) is 0 Å². The van der Waals surface area contributed by atoms with Gasteiger partial charge in [-0.2, -0.15) is 4.72 Å². The molecule has 1 heterocycles. The Labute approximate surface area is 163 Å². The van der Waals surface area contributed by atoms with E-state index in [-0.39, 0.29) is 11.4 Å². The molecular formula is C20H21N3O4S. The number of sulfonamides is 1. The summed E-state index contributed by atoms with van der Waals surface area (Å²) in [5.74, 6) is -1.24. The number of aromatic nitrogens is 1. The normalized spacial score (nSPS) is 12.7. The number of fused-ring (bicyclic) bond motifs is 1. The standard InChI is InChI=1S/C20H21N3O4S/c24-20(25)19(14-22-10-8-15-4-2-1-3-5-15)23-28(26,27)18-7-6-17-13-21-11-9-16(17)12-18/h1-7,9,11-13,19,22-23H,8,10,14H2,(H,24,25)/t19-/m0/s1. The molecule has 0 radical (unpaired) electrons. The number of nitrogens with zero attached hydrogens (tertiary/aromatic N) is 1. The first-order valence-electron chi connectivity index (χ1n) is 8.79. The second-order valence-electron chi connectivity index (χ2n) is 6.34. The van der Waals surface area contributed by atoms with Gasteiger partial charge < -0.3 is 10.4 Å². The lowest BCUT2D eigenvalue weighted by Crippen LogP contribution is -2.47. The molecule has 0 bridgehead atoms. The summed E-state index contributed by atoms with van der Waals surface area (Å²) in [6.07, 6.45) is 3.93. The molecule has 8 heteroatoms. The Morgan fingerprint density at radius 2 is 1.86 bits per heavy atom. The second kappa shape index (κ2) is 8.92. The monoisotopic (exact) mass is 399 g/mol. The maximum Gasteiger partial charge on any atom is 0.323 e. The summed E-state index contributed by atoms with van der Waals surface area (Å²) in [4.78, 5) is 15.5. The first kappa shape index (κ1) is 19.9. The van der Waals surface area contributed by atoms with Crippen molar-refractivity contribution in [1.82, 2.24) is 15.0 Å². The number of pyridine rings is 1. The number of carboxylic acids is 1. The molecule has 0 saturated carbocycles. The zero-order chi connectivity index (χ0) is 20.0. The topological polar surface area (TPSA) is 108 Å². The molecule has 0 unspecified atom stereocenters. The zero-order valence-electron chi connectivity index (χ0n) is 15.1. The summed E-state index contributed by atoms with van der Waals surface area (Å²) in [6, 6.07) is 14.8. The van der Waals surface area contributed by atoms with Crippen LogP contribution in [0.1, 0.15) is 5.56 Å². The van der Waals surface area contributed by atoms with Crippen molar-refractivity contribution in [2.24, 2.45) is 0 Å². The van der Waals surface area contributed by atoms with E-state index in [1.807, 2.05) is 30.3 Å². The van der Waals surface area contributed by atoms with E-state index in [1.165, 1.54) is 12.1 Å². The molecule has 0 spiro atoms. The number of nitrogens with one attached hydrogen (secondary N) is 2. The number of hydrogen-bond donors (Lipinski definition) is 3. The lowest BCUT2D eigenvalue weighted by atomic mass is 10.1. The van der Waals surface area contributed by atoms with Crippen LogP contribution in [0.2, 0.25) is 0 Å². The average Bonchev–Trinajstić information content (AvgIpc) is 2.70. The molecule has 2 aromatic carbocycles. The van der Waals surface area contributed by atoms with Crippen LogP contribution >= 0.6 is 0 Å². The van der Waals surface area contributed by atoms with Crippen molar-refractivity contribution in [2.45, 2.75) is 17.4 Å². The summed E-state index contributed by atoms with van der Waals surface area (Å²) < 4.78 is 27.5. The van der Waals surface area contributed by atoms with Crippen LogP contribution < -0.4 is 10.0 Å². The van der Waals surface area contributed by atoms with Gasteiger partial charge in [0.05, 0.1) is 4.90 Å². The number of carboxylic acid groups (broad SMARTS) is 1. The van der Waals surface area contributed by atoms with E-state index >= 15 is 0 Å². The van der Waals surface area contributed by atoms with Crippen LogP contribution in [0.4, 0.5) is 0 Å². The van der Waals surface area contributed by atoms with Gasteiger partial charge in [0.1, 0.15) is 6.04 Å². The van der Waals surface area contributed by atoms with Gasteiger partial charge in [-0.25, -0.2) is 8.42 Å². The Bertz CT molecular complexity index is 1060. The van der Waals surface area contributed by atoms with Crippen LogP contribution in [0.15, 0.2) is 71.9 Å². The van der Waals surface area contributed by atoms with Crippen LogP contribution in [0.25, 0.3) is 10.8 Å². The van der Waals surface area contributed by atoms with Crippen molar-refractivity contribution in [2.75, 3.05) is 13.1 Å². The van der Waals surface area contributed by atoms with Crippen molar-refractivity contribution >= 4 is 26.8 Å². The van der Waals surface area contributed by atoms with Crippen molar-refractivity contribution < 1.29 is 18.3 Å². The predicted octanol–water partition coefficient (Wildman–Crippen LogP) is 1.80. The number of carbonyl (C=O) groups is 1. The number of rotatable bonds is 9. The number of hydrogen-bond acceptors (Lipinski definition) is 5. The van der Waals surface area contributed by atoms with Crippen LogP contribution in [0.3, 0.4) is 0 Å². The minimum Gasteiger partial charge on any atom is -0.480 e. The van der Waals surface area contributed by atoms with Crippen molar-refractivity contribution in [3.05, 3.63) is 72.6 Å². The Morgan fingerprint density at radius 3 is 2.61 bits per heavy atom. The fraction of sp³-hybridized carbons (Fsp3) is 0.200. The summed E-state index contributed by atoms with van der Waals surface area (Å²) in [6.45, 7) is 0.525. The average molecular weight is 399 g/mol. The molecule has 0 amide bonds. The highest BCUT2D eigenvalue weighted by Crippen LogP contribution is 2.18. The molecule has 3 N–H and O–H groups in total. The third-order valence-corrected chi connectivity index (χ3v) is 5.77. The third-order valence-electron chi connectivity index (χ3n) is 4.30. The Hall–Kier alpha value is -2.81. The van der Waals surface area contributed by atoms with Gasteiger partial charge in [-0.05, 0) is 42.1 Å². The quantitative estimate of drug-likeness (QED) is 0.474. The van der Waals surface area contributed by atoms with Gasteiger partial charge in [0.15, 0.2) is 0 Å². The van der Waals surface area contributed by atoms with Crippen LogP contribution in [0.5, 0.6) is 0 Å². The zero-order valence-corrected chi connectivity index (χ0v) is 15.9. The van der Waals surface area contributed by atoms with Crippen molar-refractivity contribution in [3.63, 3.8) is 0 Å². The molecule has 28 heavy (non-hydrogen) atoms. The van der Waals surface area contributed by atoms with Gasteiger partial charge in [-0.1, -0.05) is 36.4 Å². The Balaban J connectivity index is 1.64. The van der Waals surface area contributed by atoms with E-state index in [0.717, 1.165) is 17.4 Å². The maximum absolute atomic E-state index is 12.6. The lowest BCUT2D eigenvalue weighted by Gasteiger charge is -2.16. The molecule has 0 saturated heterocycles. The second-order valence-corrected chi connectivity index (χ2v) is 8.05. The first-order chi connectivity index (χ1) is 13.5. The van der Waals surface area contributed by atoms with E-state index in [0.29, 0.717) is 11.9 Å². The molecule has 0 aliphatic carbocycles. The molecule has 7 nitrogen and oxygen atoms in total. The van der Waals surface area contributed by atoms with Crippen molar-refractivity contribution in [3.8, 4) is 0 Å². The van der Waals surface area contributed by atoms with Gasteiger partial charge in [0.25, 0.3) is 0 Å². The minimum absolute atomic E-state index is 0.0150. The van der Waals surface area contributed by atoms with Gasteiger partial charge in [0, 0.05) is 24.3 Å². The molecule has 0 fully saturated rings. The summed E-state index contributed by atoms with van der Waals surface area (Å²) in [5, 5.41) is 13.9. The summed E-state index contributed by atoms with van der Waals surface area (Å²) in [7, 11) is -3.98. The third kappa shape index (κ3) is 5.13. The molecular weight excluding hydrogens is 378 g/mol. The van der Waals surface area contributed by atoms with Gasteiger partial charge in [-0.3, -0.25) is 9.78 Å². The van der Waals surface area contributed by atoms with E-state index in [9.17, 15) is 18.3 Å². The first-order valence-corrected chi connectivity index (χ1v) is 10.3. The molecule has 0 aliphatic rings. The van der Waals surface area contributed by atoms with E-state index in [1.54, 1.807) is 24.5 Å². The molecule has 3 rings (SSSR count). The SMILES string of the molecule is O=C(O)[C@H](CNCCc1ccccc1)NS(=O)(=O)c1ccc2cnccc2c1. The minimum atomic E-state index is -3.98. The highest BCUT2D eigenvalue weighted by atomic mass is 32.2. The van der Waals surface area contributed by atoms with E-state index < -0.39 is 22.0 Å². The molecule has 1 aromatic heterocycles. The smallest absolute Gasteiger partial charge is 0.323 e. The number of benzene rings is 2. The fourth-order valence-corrected chi connectivity index (χ4v) is 4.01. The summed E-state index contributed by atoms with van der Waals surface area (Å²) >= 11 is 0. The lowest BCUT2D eigenvalue weighted by molar-refractivity contribution is -0.138. The highest BCUT2D eigenvalue weighted by Gasteiger charge is 2.25. The Morgan fingerprint density at radius 1 is 1.07 bits per heavy atom. The van der Waals surface area contributed by atoms with Crippen LogP contribution in [-0.4, -0.2) is 43.6 Å². The largest absolute Gasteiger partial charge is 0.480 e. The van der Waals surface area contributed by atoms with E-state index in [4.69, 9.17) is 0 Å². The molecule has 0 aliphatic heterocycles. The Kier molecular flexibility index (Phi) is 6.35. The maximum atomic E-state index is 12.6.